The lowest BCUT2D eigenvalue weighted by Gasteiger charge is -2.07. The van der Waals surface area contributed by atoms with Crippen LogP contribution in [0.3, 0.4) is 0 Å². The fourth-order valence-corrected chi connectivity index (χ4v) is 2.54. The predicted octanol–water partition coefficient (Wildman–Crippen LogP) is 2.89. The van der Waals surface area contributed by atoms with Crippen LogP contribution in [0.25, 0.3) is 0 Å². The molecule has 0 radical (unpaired) electrons. The van der Waals surface area contributed by atoms with Crippen molar-refractivity contribution >= 4 is 5.78 Å². The van der Waals surface area contributed by atoms with Gasteiger partial charge >= 0.3 is 0 Å². The Labute approximate surface area is 101 Å². The summed E-state index contributed by atoms with van der Waals surface area (Å²) in [5, 5.41) is 0. The van der Waals surface area contributed by atoms with Gasteiger partial charge in [0.25, 0.3) is 0 Å². The largest absolute Gasteiger partial charge is 0.340 e. The van der Waals surface area contributed by atoms with Crippen molar-refractivity contribution in [2.24, 2.45) is 0 Å². The predicted molar refractivity (Wildman–Crippen MR) is 67.5 cm³/mol. The van der Waals surface area contributed by atoms with Crippen LogP contribution in [-0.2, 0) is 13.0 Å². The number of rotatable bonds is 0. The van der Waals surface area contributed by atoms with Gasteiger partial charge in [0.2, 0.25) is 0 Å². The molecule has 3 rings (SSSR count). The molecule has 0 spiro atoms. The van der Waals surface area contributed by atoms with E-state index in [9.17, 15) is 4.79 Å². The molecule has 0 atom stereocenters. The summed E-state index contributed by atoms with van der Waals surface area (Å²) >= 11 is 0. The lowest BCUT2D eigenvalue weighted by atomic mass is 10.0. The molecular formula is C15H15NO. The molecule has 2 nitrogen and oxygen atoms in total. The normalized spacial score (nSPS) is 14.1. The average molecular weight is 225 g/mol. The average Bonchev–Trinajstić information content (AvgIpc) is 2.58. The number of Topliss-reactive ketones (excluding diaryl/α,β-unsaturated/α-hetero) is 1. The van der Waals surface area contributed by atoms with Crippen LogP contribution < -0.4 is 0 Å². The minimum atomic E-state index is 0.223. The van der Waals surface area contributed by atoms with Crippen LogP contribution in [0.5, 0.6) is 0 Å². The maximum Gasteiger partial charge on any atom is 0.183 e. The second-order valence-corrected chi connectivity index (χ2v) is 4.90. The molecule has 1 aromatic carbocycles. The van der Waals surface area contributed by atoms with E-state index in [1.165, 1.54) is 16.7 Å². The Bertz CT molecular complexity index is 607. The number of hydrogen-bond acceptors (Lipinski definition) is 1. The Balaban J connectivity index is 2.16. The van der Waals surface area contributed by atoms with Crippen LogP contribution in [0.15, 0.2) is 30.5 Å². The minimum Gasteiger partial charge on any atom is -0.340 e. The molecular weight excluding hydrogens is 210 g/mol. The molecule has 0 fully saturated rings. The molecule has 1 aromatic heterocycles. The maximum absolute atomic E-state index is 12.1. The molecule has 0 amide bonds. The van der Waals surface area contributed by atoms with Crippen molar-refractivity contribution in [2.45, 2.75) is 26.8 Å². The fourth-order valence-electron chi connectivity index (χ4n) is 2.54. The van der Waals surface area contributed by atoms with Gasteiger partial charge in [-0.3, -0.25) is 4.79 Å². The number of carbonyl (C=O) groups excluding carboxylic acids is 1. The van der Waals surface area contributed by atoms with E-state index in [2.05, 4.69) is 35.9 Å². The molecule has 1 aliphatic rings. The first-order valence-electron chi connectivity index (χ1n) is 5.92. The van der Waals surface area contributed by atoms with Crippen molar-refractivity contribution in [1.29, 1.82) is 0 Å². The third kappa shape index (κ3) is 1.70. The van der Waals surface area contributed by atoms with Gasteiger partial charge in [0.15, 0.2) is 5.78 Å². The number of benzene rings is 1. The first-order valence-corrected chi connectivity index (χ1v) is 5.92. The first kappa shape index (κ1) is 10.3. The zero-order valence-corrected chi connectivity index (χ0v) is 10.2. The van der Waals surface area contributed by atoms with E-state index in [0.717, 1.165) is 17.8 Å². The molecule has 0 saturated heterocycles. The van der Waals surface area contributed by atoms with Gasteiger partial charge in [0.05, 0.1) is 5.69 Å². The molecule has 2 aromatic rings. The number of aryl methyl sites for hydroxylation is 2. The van der Waals surface area contributed by atoms with E-state index in [4.69, 9.17) is 0 Å². The zero-order chi connectivity index (χ0) is 12.0. The van der Waals surface area contributed by atoms with Gasteiger partial charge in [-0.1, -0.05) is 23.8 Å². The molecule has 0 aliphatic carbocycles. The lowest BCUT2D eigenvalue weighted by molar-refractivity contribution is 0.0986. The SMILES string of the molecule is Cc1ccc2c(c1)Cn1cc(C)cc1C(=O)C2. The highest BCUT2D eigenvalue weighted by atomic mass is 16.1. The maximum atomic E-state index is 12.1. The third-order valence-corrected chi connectivity index (χ3v) is 3.37. The van der Waals surface area contributed by atoms with Gasteiger partial charge < -0.3 is 4.57 Å². The number of nitrogens with zero attached hydrogens (tertiary/aromatic N) is 1. The summed E-state index contributed by atoms with van der Waals surface area (Å²) in [5.74, 6) is 0.223. The highest BCUT2D eigenvalue weighted by Gasteiger charge is 2.19. The Morgan fingerprint density at radius 2 is 1.88 bits per heavy atom. The van der Waals surface area contributed by atoms with Gasteiger partial charge in [-0.15, -0.1) is 0 Å². The van der Waals surface area contributed by atoms with Crippen molar-refractivity contribution in [3.63, 3.8) is 0 Å². The van der Waals surface area contributed by atoms with Crippen molar-refractivity contribution in [2.75, 3.05) is 0 Å². The summed E-state index contributed by atoms with van der Waals surface area (Å²) in [6.07, 6.45) is 2.59. The number of ketones is 1. The topological polar surface area (TPSA) is 22.0 Å². The Morgan fingerprint density at radius 3 is 2.71 bits per heavy atom. The third-order valence-electron chi connectivity index (χ3n) is 3.37. The van der Waals surface area contributed by atoms with Gasteiger partial charge in [0, 0.05) is 19.2 Å². The van der Waals surface area contributed by atoms with Crippen LogP contribution >= 0.6 is 0 Å². The van der Waals surface area contributed by atoms with Gasteiger partial charge in [-0.05, 0) is 36.6 Å². The Hall–Kier alpha value is -1.83. The Kier molecular flexibility index (Phi) is 2.18. The van der Waals surface area contributed by atoms with Crippen LogP contribution in [-0.4, -0.2) is 10.4 Å². The minimum absolute atomic E-state index is 0.223. The quantitative estimate of drug-likeness (QED) is 0.675. The molecule has 2 heteroatoms. The Morgan fingerprint density at radius 1 is 1.06 bits per heavy atom. The second-order valence-electron chi connectivity index (χ2n) is 4.90. The summed E-state index contributed by atoms with van der Waals surface area (Å²) < 4.78 is 2.07. The van der Waals surface area contributed by atoms with Gasteiger partial charge in [-0.2, -0.15) is 0 Å². The number of fused-ring (bicyclic) bond motifs is 2. The van der Waals surface area contributed by atoms with Crippen molar-refractivity contribution in [3.05, 3.63) is 58.4 Å². The second kappa shape index (κ2) is 3.59. The summed E-state index contributed by atoms with van der Waals surface area (Å²) in [7, 11) is 0. The first-order chi connectivity index (χ1) is 8.13. The lowest BCUT2D eigenvalue weighted by Crippen LogP contribution is -2.05. The highest BCUT2D eigenvalue weighted by molar-refractivity contribution is 5.97. The van der Waals surface area contributed by atoms with Crippen LogP contribution in [0.2, 0.25) is 0 Å². The van der Waals surface area contributed by atoms with Crippen LogP contribution in [0.1, 0.15) is 32.7 Å². The van der Waals surface area contributed by atoms with E-state index in [1.807, 2.05) is 13.0 Å². The summed E-state index contributed by atoms with van der Waals surface area (Å²) in [6, 6.07) is 8.34. The standard InChI is InChI=1S/C15H15NO/c1-10-3-4-12-7-15(17)14-6-11(2)8-16(14)9-13(12)5-10/h3-6,8H,7,9H2,1-2H3. The smallest absolute Gasteiger partial charge is 0.183 e. The zero-order valence-electron chi connectivity index (χ0n) is 10.2. The van der Waals surface area contributed by atoms with Crippen molar-refractivity contribution < 1.29 is 4.79 Å². The van der Waals surface area contributed by atoms with Crippen molar-refractivity contribution in [1.82, 2.24) is 4.57 Å². The number of carbonyl (C=O) groups is 1. The van der Waals surface area contributed by atoms with E-state index < -0.39 is 0 Å². The number of hydrogen-bond donors (Lipinski definition) is 0. The molecule has 0 N–H and O–H groups in total. The van der Waals surface area contributed by atoms with Crippen LogP contribution in [0, 0.1) is 13.8 Å². The molecule has 0 unspecified atom stereocenters. The van der Waals surface area contributed by atoms with E-state index in [1.54, 1.807) is 0 Å². The molecule has 1 aliphatic heterocycles. The molecule has 86 valence electrons. The van der Waals surface area contributed by atoms with E-state index in [0.29, 0.717) is 6.42 Å². The van der Waals surface area contributed by atoms with Gasteiger partial charge in [-0.25, -0.2) is 0 Å². The molecule has 17 heavy (non-hydrogen) atoms. The highest BCUT2D eigenvalue weighted by Crippen LogP contribution is 2.22. The molecule has 0 bridgehead atoms. The summed E-state index contributed by atoms with van der Waals surface area (Å²) in [5.41, 5.74) is 5.69. The van der Waals surface area contributed by atoms with Crippen molar-refractivity contribution in [3.8, 4) is 0 Å². The number of aromatic nitrogens is 1. The monoisotopic (exact) mass is 225 g/mol. The van der Waals surface area contributed by atoms with Crippen LogP contribution in [0.4, 0.5) is 0 Å². The summed E-state index contributed by atoms with van der Waals surface area (Å²) in [4.78, 5) is 12.1. The summed E-state index contributed by atoms with van der Waals surface area (Å²) in [6.45, 7) is 4.94. The molecule has 2 heterocycles. The van der Waals surface area contributed by atoms with E-state index in [-0.39, 0.29) is 5.78 Å². The molecule has 0 saturated carbocycles. The van der Waals surface area contributed by atoms with E-state index >= 15 is 0 Å². The van der Waals surface area contributed by atoms with Gasteiger partial charge in [0.1, 0.15) is 0 Å². The fraction of sp³-hybridized carbons (Fsp3) is 0.267.